The zero-order valence-electron chi connectivity index (χ0n) is 29.7. The minimum atomic E-state index is -3.44. The summed E-state index contributed by atoms with van der Waals surface area (Å²) in [5, 5.41) is 49.7. The maximum Gasteiger partial charge on any atom is 0.254 e. The van der Waals surface area contributed by atoms with Gasteiger partial charge in [-0.1, -0.05) is 36.2 Å². The molecule has 0 saturated heterocycles. The standard InChI is InChI=1S/C38H49ClN2O10S2/c1-53(48,49)20-18-41(37(47)36(46)35(45)34(44)32(43)23-42)17-5-2-6-19-52-27-11-12-31(39)25(21-27)24-50-38(14-15-38)30-22-40-16-13-28(30)29-7-3-4-8-33(29)51-26-9-10-26/h3-4,7-8,11-13,16,21-22,26,32,34-36,42-46H,2,5-6,9-10,14-15,17-20,23-24H2,1H3/t32-,34+,35-,36-/m0/s1. The summed E-state index contributed by atoms with van der Waals surface area (Å²) in [7, 11) is -3.44. The van der Waals surface area contributed by atoms with E-state index in [4.69, 9.17) is 26.2 Å². The van der Waals surface area contributed by atoms with Crippen LogP contribution in [0.4, 0.5) is 0 Å². The molecule has 290 valence electrons. The van der Waals surface area contributed by atoms with Gasteiger partial charge >= 0.3 is 0 Å². The SMILES string of the molecule is CS(=O)(=O)CCN(CCCCCSc1ccc(Cl)c(COC2(c3cnccc3-c3ccccc3OC3CC3)CC2)c1)C(=O)[C@@H](O)[C@@H](O)[C@H](O)[C@@H](O)CO. The molecule has 15 heteroatoms. The third-order valence-corrected chi connectivity index (χ3v) is 11.8. The van der Waals surface area contributed by atoms with E-state index in [1.807, 2.05) is 48.7 Å². The average molecular weight is 793 g/mol. The second-order valence-corrected chi connectivity index (χ2v) is 17.6. The molecule has 1 aromatic heterocycles. The summed E-state index contributed by atoms with van der Waals surface area (Å²) in [6.07, 6.45) is 2.91. The number of aliphatic hydroxyl groups excluding tert-OH is 5. The van der Waals surface area contributed by atoms with Gasteiger partial charge in [0.15, 0.2) is 6.10 Å². The number of carbonyl (C=O) groups excluding carboxylic acids is 1. The summed E-state index contributed by atoms with van der Waals surface area (Å²) in [5.74, 6) is 0.304. The van der Waals surface area contributed by atoms with Crippen molar-refractivity contribution in [2.24, 2.45) is 0 Å². The van der Waals surface area contributed by atoms with Gasteiger partial charge < -0.3 is 39.9 Å². The van der Waals surface area contributed by atoms with Crippen molar-refractivity contribution in [2.75, 3.05) is 37.5 Å². The summed E-state index contributed by atoms with van der Waals surface area (Å²) >= 11 is 8.28. The Morgan fingerprint density at radius 1 is 1.02 bits per heavy atom. The first-order valence-electron chi connectivity index (χ1n) is 17.9. The zero-order valence-corrected chi connectivity index (χ0v) is 32.1. The molecule has 2 saturated carbocycles. The molecule has 0 radical (unpaired) electrons. The Kier molecular flexibility index (Phi) is 14.6. The highest BCUT2D eigenvalue weighted by molar-refractivity contribution is 7.99. The number of nitrogens with zero attached hydrogens (tertiary/aromatic N) is 2. The molecule has 3 aromatic rings. The number of amides is 1. The molecule has 4 atom stereocenters. The second-order valence-electron chi connectivity index (χ2n) is 13.8. The lowest BCUT2D eigenvalue weighted by atomic mass is 9.96. The normalized spacial score (nSPS) is 17.5. The molecule has 2 aliphatic rings. The minimum Gasteiger partial charge on any atom is -0.490 e. The van der Waals surface area contributed by atoms with Crippen LogP contribution in [0, 0.1) is 0 Å². The smallest absolute Gasteiger partial charge is 0.254 e. The number of thioether (sulfide) groups is 1. The van der Waals surface area contributed by atoms with Crippen LogP contribution in [0.3, 0.4) is 0 Å². The molecule has 2 aliphatic carbocycles. The van der Waals surface area contributed by atoms with Crippen molar-refractivity contribution < 1.29 is 48.2 Å². The molecule has 12 nitrogen and oxygen atoms in total. The largest absolute Gasteiger partial charge is 0.490 e. The van der Waals surface area contributed by atoms with E-state index < -0.39 is 52.4 Å². The summed E-state index contributed by atoms with van der Waals surface area (Å²) in [5.41, 5.74) is 3.53. The van der Waals surface area contributed by atoms with Gasteiger partial charge in [0.2, 0.25) is 0 Å². The van der Waals surface area contributed by atoms with Gasteiger partial charge in [-0.3, -0.25) is 9.78 Å². The van der Waals surface area contributed by atoms with Crippen molar-refractivity contribution in [3.8, 4) is 16.9 Å². The Labute approximate surface area is 320 Å². The van der Waals surface area contributed by atoms with Crippen LogP contribution < -0.4 is 4.74 Å². The average Bonchev–Trinajstić information content (AvgIpc) is 4.10. The Hall–Kier alpha value is -2.79. The Morgan fingerprint density at radius 3 is 2.47 bits per heavy atom. The number of ether oxygens (including phenoxy) is 2. The number of hydrogen-bond acceptors (Lipinski definition) is 12. The van der Waals surface area contributed by atoms with Crippen molar-refractivity contribution in [1.82, 2.24) is 9.88 Å². The van der Waals surface area contributed by atoms with Crippen LogP contribution in [0.1, 0.15) is 56.1 Å². The highest BCUT2D eigenvalue weighted by Crippen LogP contribution is 2.53. The number of para-hydroxylation sites is 1. The van der Waals surface area contributed by atoms with E-state index in [-0.39, 0.29) is 24.9 Å². The number of benzene rings is 2. The molecule has 0 aliphatic heterocycles. The molecule has 5 rings (SSSR count). The molecule has 0 spiro atoms. The van der Waals surface area contributed by atoms with Gasteiger partial charge in [0, 0.05) is 52.8 Å². The van der Waals surface area contributed by atoms with Crippen molar-refractivity contribution in [3.63, 3.8) is 0 Å². The first-order chi connectivity index (χ1) is 25.3. The van der Waals surface area contributed by atoms with Crippen LogP contribution in [0.25, 0.3) is 11.1 Å². The Morgan fingerprint density at radius 2 is 1.77 bits per heavy atom. The first-order valence-corrected chi connectivity index (χ1v) is 21.3. The van der Waals surface area contributed by atoms with Crippen molar-refractivity contribution in [2.45, 2.75) is 92.6 Å². The molecular weight excluding hydrogens is 744 g/mol. The lowest BCUT2D eigenvalue weighted by Gasteiger charge is -2.30. The molecule has 53 heavy (non-hydrogen) atoms. The third kappa shape index (κ3) is 11.6. The van der Waals surface area contributed by atoms with Crippen LogP contribution in [-0.2, 0) is 31.6 Å². The number of aromatic nitrogens is 1. The maximum atomic E-state index is 12.9. The molecule has 1 amide bonds. The van der Waals surface area contributed by atoms with Crippen molar-refractivity contribution in [1.29, 1.82) is 0 Å². The van der Waals surface area contributed by atoms with Gasteiger partial charge in [-0.2, -0.15) is 0 Å². The molecule has 5 N–H and O–H groups in total. The molecule has 0 bridgehead atoms. The third-order valence-electron chi connectivity index (χ3n) is 9.42. The Balaban J connectivity index is 1.13. The van der Waals surface area contributed by atoms with Crippen LogP contribution in [-0.4, -0.2) is 118 Å². The van der Waals surface area contributed by atoms with Gasteiger partial charge in [-0.25, -0.2) is 8.42 Å². The van der Waals surface area contributed by atoms with Crippen LogP contribution in [0.15, 0.2) is 65.8 Å². The number of aliphatic hydroxyl groups is 5. The van der Waals surface area contributed by atoms with E-state index in [1.165, 1.54) is 0 Å². The predicted octanol–water partition coefficient (Wildman–Crippen LogP) is 3.72. The molecular formula is C38H49ClN2O10S2. The van der Waals surface area contributed by atoms with Gasteiger partial charge in [0.1, 0.15) is 33.9 Å². The van der Waals surface area contributed by atoms with E-state index in [9.17, 15) is 33.6 Å². The summed E-state index contributed by atoms with van der Waals surface area (Å²) in [6.45, 7) is -0.657. The monoisotopic (exact) mass is 792 g/mol. The highest BCUT2D eigenvalue weighted by Gasteiger charge is 2.48. The van der Waals surface area contributed by atoms with Crippen molar-refractivity contribution in [3.05, 3.63) is 77.1 Å². The molecule has 2 aromatic carbocycles. The summed E-state index contributed by atoms with van der Waals surface area (Å²) in [6, 6.07) is 16.0. The number of rotatable bonds is 22. The number of pyridine rings is 1. The summed E-state index contributed by atoms with van der Waals surface area (Å²) in [4.78, 5) is 19.6. The van der Waals surface area contributed by atoms with E-state index in [0.717, 1.165) is 81.9 Å². The number of hydrogen-bond donors (Lipinski definition) is 5. The topological polar surface area (TPSA) is 187 Å². The second kappa shape index (κ2) is 18.7. The number of halogens is 1. The van der Waals surface area contributed by atoms with Gasteiger partial charge in [0.05, 0.1) is 30.7 Å². The van der Waals surface area contributed by atoms with Crippen LogP contribution >= 0.6 is 23.4 Å². The van der Waals surface area contributed by atoms with E-state index in [1.54, 1.807) is 18.0 Å². The lowest BCUT2D eigenvalue weighted by Crippen LogP contribution is -2.53. The van der Waals surface area contributed by atoms with E-state index >= 15 is 0 Å². The fraction of sp³-hybridized carbons (Fsp3) is 0.526. The zero-order chi connectivity index (χ0) is 38.2. The highest BCUT2D eigenvalue weighted by atomic mass is 35.5. The number of unbranched alkanes of at least 4 members (excludes halogenated alkanes) is 2. The lowest BCUT2D eigenvalue weighted by molar-refractivity contribution is -0.158. The minimum absolute atomic E-state index is 0.114. The van der Waals surface area contributed by atoms with Gasteiger partial charge in [-0.05, 0) is 85.7 Å². The fourth-order valence-corrected chi connectivity index (χ4v) is 7.66. The summed E-state index contributed by atoms with van der Waals surface area (Å²) < 4.78 is 36.4. The van der Waals surface area contributed by atoms with Gasteiger partial charge in [-0.15, -0.1) is 11.8 Å². The van der Waals surface area contributed by atoms with E-state index in [2.05, 4.69) is 11.1 Å². The van der Waals surface area contributed by atoms with Crippen molar-refractivity contribution >= 4 is 39.1 Å². The quantitative estimate of drug-likeness (QED) is 0.0735. The number of sulfone groups is 1. The predicted molar refractivity (Wildman–Crippen MR) is 202 cm³/mol. The van der Waals surface area contributed by atoms with Gasteiger partial charge in [0.25, 0.3) is 5.91 Å². The fourth-order valence-electron chi connectivity index (χ4n) is 5.96. The Bertz CT molecular complexity index is 1790. The molecule has 1 heterocycles. The first kappa shape index (κ1) is 41.4. The number of carbonyl (C=O) groups is 1. The van der Waals surface area contributed by atoms with Crippen LogP contribution in [0.2, 0.25) is 5.02 Å². The molecule has 0 unspecified atom stereocenters. The van der Waals surface area contributed by atoms with Crippen LogP contribution in [0.5, 0.6) is 5.75 Å². The van der Waals surface area contributed by atoms with E-state index in [0.29, 0.717) is 24.5 Å². The molecule has 2 fully saturated rings. The maximum absolute atomic E-state index is 12.9.